The van der Waals surface area contributed by atoms with Gasteiger partial charge in [-0.25, -0.2) is 4.39 Å². The Morgan fingerprint density at radius 1 is 1.09 bits per heavy atom. The van der Waals surface area contributed by atoms with Gasteiger partial charge in [0.2, 0.25) is 10.9 Å². The number of unbranched alkanes of at least 4 members (excludes halogenated alkanes) is 1. The normalized spacial score (nSPS) is 15.1. The molecule has 218 valence electrons. The van der Waals surface area contributed by atoms with Gasteiger partial charge in [0.05, 0.1) is 18.2 Å². The number of nitrogens with zero attached hydrogens (tertiary/aromatic N) is 3. The third-order valence-electron chi connectivity index (χ3n) is 6.98. The first-order valence-electron chi connectivity index (χ1n) is 13.7. The number of hydrogen-bond donors (Lipinski definition) is 1. The third-order valence-corrected chi connectivity index (χ3v) is 9.08. The molecule has 0 aliphatic carbocycles. The molecule has 6 rings (SSSR count). The Balaban J connectivity index is 1.34. The molecule has 1 amide bonds. The Labute approximate surface area is 254 Å². The summed E-state index contributed by atoms with van der Waals surface area (Å²) >= 11 is 2.39. The minimum Gasteiger partial charge on any atom is -0.503 e. The van der Waals surface area contributed by atoms with E-state index in [4.69, 9.17) is 9.15 Å². The van der Waals surface area contributed by atoms with Gasteiger partial charge in [-0.15, -0.1) is 10.2 Å². The maximum absolute atomic E-state index is 14.1. The summed E-state index contributed by atoms with van der Waals surface area (Å²) in [5.41, 5.74) is 1.46. The number of hydrogen-bond acceptors (Lipinski definition) is 9. The fourth-order valence-corrected chi connectivity index (χ4v) is 6.62. The van der Waals surface area contributed by atoms with Crippen LogP contribution in [0.1, 0.15) is 47.5 Å². The van der Waals surface area contributed by atoms with Crippen LogP contribution in [0.5, 0.6) is 5.75 Å². The number of thioether (sulfide) groups is 1. The van der Waals surface area contributed by atoms with Crippen molar-refractivity contribution < 1.29 is 28.2 Å². The maximum atomic E-state index is 14.1. The monoisotopic (exact) mass is 615 g/mol. The number of aliphatic hydroxyl groups excluding tert-OH is 1. The molecule has 1 N–H and O–H groups in total. The Kier molecular flexibility index (Phi) is 8.26. The molecule has 5 aromatic rings. The second-order valence-electron chi connectivity index (χ2n) is 9.82. The Bertz CT molecular complexity index is 1800. The van der Waals surface area contributed by atoms with E-state index in [1.54, 1.807) is 60.7 Å². The zero-order valence-corrected chi connectivity index (χ0v) is 24.7. The van der Waals surface area contributed by atoms with Crippen molar-refractivity contribution in [1.29, 1.82) is 0 Å². The van der Waals surface area contributed by atoms with Crippen molar-refractivity contribution in [3.8, 4) is 5.75 Å². The van der Waals surface area contributed by atoms with Gasteiger partial charge in [0.25, 0.3) is 5.91 Å². The van der Waals surface area contributed by atoms with E-state index in [1.165, 1.54) is 22.7 Å². The number of ether oxygens (including phenoxy) is 1. The van der Waals surface area contributed by atoms with Gasteiger partial charge in [0, 0.05) is 11.1 Å². The second kappa shape index (κ2) is 12.4. The molecule has 0 bridgehead atoms. The van der Waals surface area contributed by atoms with E-state index < -0.39 is 23.5 Å². The molecule has 2 aromatic heterocycles. The molecule has 11 heteroatoms. The molecule has 0 saturated heterocycles. The van der Waals surface area contributed by atoms with E-state index in [-0.39, 0.29) is 22.3 Å². The molecule has 1 unspecified atom stereocenters. The van der Waals surface area contributed by atoms with E-state index in [0.717, 1.165) is 29.6 Å². The number of carbonyl (C=O) groups excluding carboxylic acids is 2. The number of para-hydroxylation sites is 1. The Morgan fingerprint density at radius 2 is 1.86 bits per heavy atom. The van der Waals surface area contributed by atoms with Gasteiger partial charge in [-0.3, -0.25) is 14.5 Å². The van der Waals surface area contributed by atoms with Crippen LogP contribution in [0.15, 0.2) is 99.0 Å². The van der Waals surface area contributed by atoms with Crippen LogP contribution in [-0.2, 0) is 10.5 Å². The first-order chi connectivity index (χ1) is 20.9. The van der Waals surface area contributed by atoms with Gasteiger partial charge in [0.1, 0.15) is 17.1 Å². The molecule has 0 fully saturated rings. The number of benzene rings is 3. The molecule has 3 heterocycles. The van der Waals surface area contributed by atoms with Gasteiger partial charge in [-0.2, -0.15) is 0 Å². The number of amides is 1. The lowest BCUT2D eigenvalue weighted by molar-refractivity contribution is -0.117. The first kappa shape index (κ1) is 28.6. The summed E-state index contributed by atoms with van der Waals surface area (Å²) in [4.78, 5) is 28.7. The highest BCUT2D eigenvalue weighted by Crippen LogP contribution is 2.44. The van der Waals surface area contributed by atoms with Crippen LogP contribution in [0.4, 0.5) is 9.52 Å². The number of anilines is 1. The van der Waals surface area contributed by atoms with Crippen LogP contribution in [0.3, 0.4) is 0 Å². The summed E-state index contributed by atoms with van der Waals surface area (Å²) in [6, 6.07) is 21.3. The van der Waals surface area contributed by atoms with E-state index in [9.17, 15) is 19.1 Å². The largest absolute Gasteiger partial charge is 0.503 e. The minimum absolute atomic E-state index is 0.000292. The SMILES string of the molecule is CCCCOc1ccc(C2C(C(=O)c3cc4ccccc4o3)=C(O)C(=O)N2c2nnc(SCc3ccccc3F)s2)cc1. The third kappa shape index (κ3) is 5.78. The molecular weight excluding hydrogens is 590 g/mol. The summed E-state index contributed by atoms with van der Waals surface area (Å²) < 4.78 is 26.2. The quantitative estimate of drug-likeness (QED) is 0.0698. The lowest BCUT2D eigenvalue weighted by atomic mass is 9.95. The number of aromatic nitrogens is 2. The van der Waals surface area contributed by atoms with Gasteiger partial charge < -0.3 is 14.3 Å². The zero-order valence-electron chi connectivity index (χ0n) is 23.0. The molecule has 43 heavy (non-hydrogen) atoms. The molecule has 1 aliphatic rings. The fourth-order valence-electron chi connectivity index (χ4n) is 4.77. The predicted molar refractivity (Wildman–Crippen MR) is 163 cm³/mol. The average molecular weight is 616 g/mol. The lowest BCUT2D eigenvalue weighted by Gasteiger charge is -2.24. The van der Waals surface area contributed by atoms with Gasteiger partial charge >= 0.3 is 0 Å². The molecule has 0 saturated carbocycles. The predicted octanol–water partition coefficient (Wildman–Crippen LogP) is 7.68. The number of ketones is 1. The summed E-state index contributed by atoms with van der Waals surface area (Å²) in [6.07, 6.45) is 1.91. The molecule has 0 spiro atoms. The van der Waals surface area contributed by atoms with Crippen LogP contribution < -0.4 is 9.64 Å². The zero-order chi connectivity index (χ0) is 29.9. The summed E-state index contributed by atoms with van der Waals surface area (Å²) in [7, 11) is 0. The lowest BCUT2D eigenvalue weighted by Crippen LogP contribution is -2.31. The summed E-state index contributed by atoms with van der Waals surface area (Å²) in [6.45, 7) is 2.65. The number of rotatable bonds is 11. The van der Waals surface area contributed by atoms with Crippen molar-refractivity contribution in [1.82, 2.24) is 10.2 Å². The van der Waals surface area contributed by atoms with Crippen molar-refractivity contribution in [3.63, 3.8) is 0 Å². The van der Waals surface area contributed by atoms with Crippen LogP contribution in [-0.4, -0.2) is 33.6 Å². The molecule has 3 aromatic carbocycles. The average Bonchev–Trinajstić information content (AvgIpc) is 3.73. The molecule has 0 radical (unpaired) electrons. The van der Waals surface area contributed by atoms with Crippen molar-refractivity contribution in [3.05, 3.63) is 113 Å². The number of furan rings is 1. The summed E-state index contributed by atoms with van der Waals surface area (Å²) in [5, 5.41) is 20.5. The molecular formula is C32H26FN3O5S2. The van der Waals surface area contributed by atoms with E-state index in [2.05, 4.69) is 17.1 Å². The van der Waals surface area contributed by atoms with Gasteiger partial charge in [0.15, 0.2) is 15.9 Å². The second-order valence-corrected chi connectivity index (χ2v) is 12.0. The van der Waals surface area contributed by atoms with E-state index in [0.29, 0.717) is 39.2 Å². The number of fused-ring (bicyclic) bond motifs is 1. The fraction of sp³-hybridized carbons (Fsp3) is 0.188. The first-order valence-corrected chi connectivity index (χ1v) is 15.5. The van der Waals surface area contributed by atoms with Crippen LogP contribution >= 0.6 is 23.1 Å². The number of Topliss-reactive ketones (excluding diaryl/α,β-unsaturated/α-hetero) is 1. The number of carbonyl (C=O) groups is 2. The van der Waals surface area contributed by atoms with Crippen molar-refractivity contribution in [2.24, 2.45) is 0 Å². The highest BCUT2D eigenvalue weighted by Gasteiger charge is 2.46. The smallest absolute Gasteiger partial charge is 0.296 e. The Hall–Kier alpha value is -4.48. The summed E-state index contributed by atoms with van der Waals surface area (Å²) in [5.74, 6) is -1.44. The van der Waals surface area contributed by atoms with E-state index >= 15 is 0 Å². The van der Waals surface area contributed by atoms with Crippen LogP contribution in [0, 0.1) is 5.82 Å². The highest BCUT2D eigenvalue weighted by molar-refractivity contribution is 8.00. The minimum atomic E-state index is -1.00. The topological polar surface area (TPSA) is 106 Å². The number of aliphatic hydroxyl groups is 1. The van der Waals surface area contributed by atoms with E-state index in [1.807, 2.05) is 12.1 Å². The maximum Gasteiger partial charge on any atom is 0.296 e. The van der Waals surface area contributed by atoms with Crippen molar-refractivity contribution in [2.75, 3.05) is 11.5 Å². The molecule has 1 atom stereocenters. The van der Waals surface area contributed by atoms with Crippen molar-refractivity contribution >= 4 is 50.9 Å². The van der Waals surface area contributed by atoms with Gasteiger partial charge in [-0.05, 0) is 47.9 Å². The van der Waals surface area contributed by atoms with Crippen LogP contribution in [0.25, 0.3) is 11.0 Å². The van der Waals surface area contributed by atoms with Gasteiger partial charge in [-0.1, -0.05) is 85.0 Å². The van der Waals surface area contributed by atoms with Crippen molar-refractivity contribution in [2.45, 2.75) is 35.9 Å². The number of halogens is 1. The standard InChI is InChI=1S/C32H26FN3O5S2/c1-2-3-16-40-22-14-12-19(13-15-22)27-26(28(37)25-17-20-8-5-7-11-24(20)41-25)29(38)30(39)36(27)31-34-35-32(43-31)42-18-21-9-4-6-10-23(21)33/h4-15,17,27,38H,2-3,16,18H2,1H3. The molecule has 8 nitrogen and oxygen atoms in total. The van der Waals surface area contributed by atoms with Crippen LogP contribution in [0.2, 0.25) is 0 Å². The highest BCUT2D eigenvalue weighted by atomic mass is 32.2. The Morgan fingerprint density at radius 3 is 2.63 bits per heavy atom. The molecule has 1 aliphatic heterocycles.